The predicted molar refractivity (Wildman–Crippen MR) is 228 cm³/mol. The molecule has 6 rings (SSSR count). The zero-order valence-corrected chi connectivity index (χ0v) is 32.4. The van der Waals surface area contributed by atoms with Crippen LogP contribution in [0.1, 0.15) is 44.5 Å². The lowest BCUT2D eigenvalue weighted by Gasteiger charge is -2.11. The second-order valence-electron chi connectivity index (χ2n) is 12.6. The fraction of sp³-hybridized carbons (Fsp3) is 0.125. The Labute approximate surface area is 328 Å². The average Bonchev–Trinajstić information content (AvgIpc) is 3.26. The van der Waals surface area contributed by atoms with Gasteiger partial charge in [-0.2, -0.15) is 0 Å². The molecule has 0 aliphatic rings. The predicted octanol–water partition coefficient (Wildman–Crippen LogP) is 10.9. The summed E-state index contributed by atoms with van der Waals surface area (Å²) in [5.74, 6) is 4.52. The number of benzene rings is 4. The Balaban J connectivity index is 1.19. The summed E-state index contributed by atoms with van der Waals surface area (Å²) in [5, 5.41) is 0. The van der Waals surface area contributed by atoms with Gasteiger partial charge >= 0.3 is 0 Å². The van der Waals surface area contributed by atoms with Crippen LogP contribution in [-0.2, 0) is 0 Å². The monoisotopic (exact) mass is 744 g/mol. The van der Waals surface area contributed by atoms with Gasteiger partial charge in [0, 0.05) is 58.2 Å². The Bertz CT molecular complexity index is 2210. The quantitative estimate of drug-likeness (QED) is 0.0962. The molecular weight excluding hydrogens is 701 g/mol. The molecule has 0 radical (unpaired) electrons. The number of hydrogen-bond donors (Lipinski definition) is 0. The van der Waals surface area contributed by atoms with Crippen LogP contribution in [-0.4, -0.2) is 52.6 Å². The second kappa shape index (κ2) is 18.8. The number of rotatable bonds is 15. The first-order chi connectivity index (χ1) is 27.4. The minimum Gasteiger partial charge on any atom is -0.497 e. The molecule has 0 N–H and O–H groups in total. The SMILES string of the molecule is COc1ccc(/C=C/c2cc(OC)c(/C=C/c3cncc(-c4cncc(/C=C/c5cc(OC)c(/C=C/c6ccc(OC)cc6)cc5OC)c4)c3)cc2OC)cc1. The molecule has 6 aromatic rings. The number of nitrogens with zero attached hydrogens (tertiary/aromatic N) is 2. The molecule has 0 spiro atoms. The highest BCUT2D eigenvalue weighted by Crippen LogP contribution is 2.34. The van der Waals surface area contributed by atoms with E-state index in [0.29, 0.717) is 0 Å². The van der Waals surface area contributed by atoms with Crippen LogP contribution in [0.2, 0.25) is 0 Å². The van der Waals surface area contributed by atoms with Crippen molar-refractivity contribution in [2.24, 2.45) is 0 Å². The van der Waals surface area contributed by atoms with Crippen LogP contribution in [0.3, 0.4) is 0 Å². The highest BCUT2D eigenvalue weighted by Gasteiger charge is 2.10. The summed E-state index contributed by atoms with van der Waals surface area (Å²) in [6, 6.07) is 27.8. The van der Waals surface area contributed by atoms with E-state index in [-0.39, 0.29) is 0 Å². The van der Waals surface area contributed by atoms with Gasteiger partial charge in [-0.3, -0.25) is 9.97 Å². The lowest BCUT2D eigenvalue weighted by Crippen LogP contribution is -1.93. The highest BCUT2D eigenvalue weighted by molar-refractivity contribution is 5.82. The Morgan fingerprint density at radius 1 is 0.321 bits per heavy atom. The van der Waals surface area contributed by atoms with Crippen molar-refractivity contribution in [2.45, 2.75) is 0 Å². The number of hydrogen-bond acceptors (Lipinski definition) is 8. The molecule has 0 saturated heterocycles. The van der Waals surface area contributed by atoms with Crippen molar-refractivity contribution in [3.05, 3.63) is 154 Å². The van der Waals surface area contributed by atoms with E-state index >= 15 is 0 Å². The van der Waals surface area contributed by atoms with Crippen molar-refractivity contribution < 1.29 is 28.4 Å². The second-order valence-corrected chi connectivity index (χ2v) is 12.6. The molecule has 0 saturated carbocycles. The molecule has 282 valence electrons. The summed E-state index contributed by atoms with van der Waals surface area (Å²) < 4.78 is 33.6. The van der Waals surface area contributed by atoms with Crippen LogP contribution < -0.4 is 28.4 Å². The average molecular weight is 745 g/mol. The molecule has 2 aromatic heterocycles. The van der Waals surface area contributed by atoms with Crippen LogP contribution in [0.5, 0.6) is 34.5 Å². The molecule has 4 aromatic carbocycles. The molecule has 0 atom stereocenters. The summed E-state index contributed by atoms with van der Waals surface area (Å²) in [4.78, 5) is 9.06. The highest BCUT2D eigenvalue weighted by atomic mass is 16.5. The van der Waals surface area contributed by atoms with Crippen LogP contribution in [0, 0.1) is 0 Å². The normalized spacial score (nSPS) is 11.5. The van der Waals surface area contributed by atoms with Gasteiger partial charge < -0.3 is 28.4 Å². The van der Waals surface area contributed by atoms with E-state index in [0.717, 1.165) is 90.1 Å². The fourth-order valence-corrected chi connectivity index (χ4v) is 6.00. The number of ether oxygens (including phenoxy) is 6. The smallest absolute Gasteiger partial charge is 0.126 e. The van der Waals surface area contributed by atoms with Crippen LogP contribution in [0.4, 0.5) is 0 Å². The third-order valence-electron chi connectivity index (χ3n) is 9.07. The van der Waals surface area contributed by atoms with E-state index in [1.165, 1.54) is 0 Å². The molecule has 0 aliphatic carbocycles. The summed E-state index contributed by atoms with van der Waals surface area (Å²) in [7, 11) is 9.97. The number of methoxy groups -OCH3 is 6. The number of pyridine rings is 2. The van der Waals surface area contributed by atoms with E-state index in [1.54, 1.807) is 42.7 Å². The van der Waals surface area contributed by atoms with Gasteiger partial charge in [0.15, 0.2) is 0 Å². The number of aromatic nitrogens is 2. The summed E-state index contributed by atoms with van der Waals surface area (Å²) >= 11 is 0. The fourth-order valence-electron chi connectivity index (χ4n) is 6.00. The largest absolute Gasteiger partial charge is 0.497 e. The summed E-state index contributed by atoms with van der Waals surface area (Å²) in [5.41, 5.74) is 9.34. The lowest BCUT2D eigenvalue weighted by molar-refractivity contribution is 0.401. The Morgan fingerprint density at radius 3 is 0.911 bits per heavy atom. The summed E-state index contributed by atoms with van der Waals surface area (Å²) in [6.45, 7) is 0. The maximum Gasteiger partial charge on any atom is 0.126 e. The lowest BCUT2D eigenvalue weighted by atomic mass is 10.0. The molecule has 2 heterocycles. The maximum absolute atomic E-state index is 5.78. The zero-order chi connectivity index (χ0) is 39.3. The van der Waals surface area contributed by atoms with Crippen LogP contribution in [0.15, 0.2) is 110 Å². The van der Waals surface area contributed by atoms with E-state index in [4.69, 9.17) is 28.4 Å². The minimum absolute atomic E-state index is 0.721. The first-order valence-corrected chi connectivity index (χ1v) is 17.9. The van der Waals surface area contributed by atoms with Crippen molar-refractivity contribution in [3.8, 4) is 45.6 Å². The molecule has 8 heteroatoms. The van der Waals surface area contributed by atoms with Gasteiger partial charge in [0.1, 0.15) is 34.5 Å². The molecule has 8 nitrogen and oxygen atoms in total. The maximum atomic E-state index is 5.78. The molecule has 0 unspecified atom stereocenters. The molecule has 0 aliphatic heterocycles. The minimum atomic E-state index is 0.721. The van der Waals surface area contributed by atoms with Gasteiger partial charge in [-0.25, -0.2) is 0 Å². The topological polar surface area (TPSA) is 81.2 Å². The Hall–Kier alpha value is -7.06. The molecule has 0 amide bonds. The van der Waals surface area contributed by atoms with Crippen LogP contribution >= 0.6 is 0 Å². The molecule has 0 bridgehead atoms. The summed E-state index contributed by atoms with van der Waals surface area (Å²) in [6.07, 6.45) is 23.4. The van der Waals surface area contributed by atoms with Gasteiger partial charge in [0.05, 0.1) is 42.7 Å². The standard InChI is InChI=1S/C48H44N2O6/c1-51-43-19-11-33(12-20-43)7-15-37-25-47(55-5)39(27-45(37)53-3)17-9-35-23-41(31-49-29-35)42-24-36(30-50-32-42)10-18-40-28-46(54-4)38(26-48(40)56-6)16-8-34-13-21-44(52-2)22-14-34/h7-32H,1-6H3/b15-7+,16-8+,17-9+,18-10+. The Kier molecular flexibility index (Phi) is 13.0. The van der Waals surface area contributed by atoms with Gasteiger partial charge in [-0.1, -0.05) is 72.9 Å². The third-order valence-corrected chi connectivity index (χ3v) is 9.07. The molecule has 56 heavy (non-hydrogen) atoms. The third kappa shape index (κ3) is 9.72. The first-order valence-electron chi connectivity index (χ1n) is 17.9. The van der Waals surface area contributed by atoms with Gasteiger partial charge in [-0.05, 0) is 82.9 Å². The van der Waals surface area contributed by atoms with E-state index in [9.17, 15) is 0 Å². The van der Waals surface area contributed by atoms with Crippen LogP contribution in [0.25, 0.3) is 59.7 Å². The van der Waals surface area contributed by atoms with Crippen molar-refractivity contribution in [1.82, 2.24) is 9.97 Å². The van der Waals surface area contributed by atoms with Gasteiger partial charge in [0.25, 0.3) is 0 Å². The Morgan fingerprint density at radius 2 is 0.625 bits per heavy atom. The van der Waals surface area contributed by atoms with Gasteiger partial charge in [-0.15, -0.1) is 0 Å². The van der Waals surface area contributed by atoms with Gasteiger partial charge in [0.2, 0.25) is 0 Å². The van der Waals surface area contributed by atoms with E-state index in [1.807, 2.05) is 146 Å². The van der Waals surface area contributed by atoms with Crippen molar-refractivity contribution >= 4 is 48.6 Å². The molecular formula is C48H44N2O6. The first kappa shape index (κ1) is 38.7. The zero-order valence-electron chi connectivity index (χ0n) is 32.4. The van der Waals surface area contributed by atoms with Crippen molar-refractivity contribution in [1.29, 1.82) is 0 Å². The van der Waals surface area contributed by atoms with Crippen molar-refractivity contribution in [3.63, 3.8) is 0 Å². The molecule has 0 fully saturated rings. The van der Waals surface area contributed by atoms with Crippen molar-refractivity contribution in [2.75, 3.05) is 42.7 Å². The van der Waals surface area contributed by atoms with E-state index in [2.05, 4.69) is 22.1 Å². The van der Waals surface area contributed by atoms with E-state index < -0.39 is 0 Å².